The summed E-state index contributed by atoms with van der Waals surface area (Å²) in [5, 5.41) is 2.10. The molecule has 0 amide bonds. The minimum Gasteiger partial charge on any atom is -0.496 e. The molecular formula is C16H24O6Si2. The lowest BCUT2D eigenvalue weighted by Gasteiger charge is -2.52. The van der Waals surface area contributed by atoms with Crippen LogP contribution < -0.4 is 19.8 Å². The number of ether oxygens (including phenoxy) is 4. The van der Waals surface area contributed by atoms with Crippen molar-refractivity contribution in [3.8, 4) is 11.5 Å². The summed E-state index contributed by atoms with van der Waals surface area (Å²) in [6.07, 6.45) is 0. The third-order valence-corrected chi connectivity index (χ3v) is 23.1. The number of fused-ring (bicyclic) bond motifs is 1. The minimum absolute atomic E-state index is 0.0903. The van der Waals surface area contributed by atoms with Crippen LogP contribution in [0.15, 0.2) is 0 Å². The highest BCUT2D eigenvalue weighted by molar-refractivity contribution is 7.57. The third-order valence-electron chi connectivity index (χ3n) is 5.41. The first-order valence-electron chi connectivity index (χ1n) is 7.61. The molecule has 0 radical (unpaired) electrons. The molecule has 1 heterocycles. The second kappa shape index (κ2) is 5.92. The van der Waals surface area contributed by atoms with Crippen LogP contribution in [0.3, 0.4) is 0 Å². The maximum Gasteiger partial charge on any atom is 0.342 e. The first-order chi connectivity index (χ1) is 11.1. The van der Waals surface area contributed by atoms with Gasteiger partial charge in [-0.15, -0.1) is 0 Å². The monoisotopic (exact) mass is 368 g/mol. The molecule has 1 aromatic rings. The van der Waals surface area contributed by atoms with Crippen molar-refractivity contribution in [1.82, 2.24) is 0 Å². The first-order valence-corrected chi connectivity index (χ1v) is 14.6. The van der Waals surface area contributed by atoms with Crippen LogP contribution in [0.2, 0.25) is 26.2 Å². The second-order valence-corrected chi connectivity index (χ2v) is 21.8. The smallest absolute Gasteiger partial charge is 0.342 e. The van der Waals surface area contributed by atoms with Crippen molar-refractivity contribution in [3.63, 3.8) is 0 Å². The lowest BCUT2D eigenvalue weighted by molar-refractivity contribution is 0.0549. The summed E-state index contributed by atoms with van der Waals surface area (Å²) in [5.41, 5.74) is 0.181. The van der Waals surface area contributed by atoms with E-state index in [2.05, 4.69) is 26.2 Å². The van der Waals surface area contributed by atoms with Crippen LogP contribution >= 0.6 is 0 Å². The average molecular weight is 369 g/mol. The van der Waals surface area contributed by atoms with Gasteiger partial charge < -0.3 is 18.9 Å². The Kier molecular flexibility index (Phi) is 4.57. The zero-order chi connectivity index (χ0) is 18.4. The van der Waals surface area contributed by atoms with E-state index in [0.29, 0.717) is 11.5 Å². The molecule has 2 rings (SSSR count). The molecule has 0 N–H and O–H groups in total. The van der Waals surface area contributed by atoms with Crippen LogP contribution in [0, 0.1) is 0 Å². The molecule has 24 heavy (non-hydrogen) atoms. The molecule has 0 aromatic heterocycles. The van der Waals surface area contributed by atoms with Crippen LogP contribution in [-0.2, 0) is 9.47 Å². The predicted octanol–water partition coefficient (Wildman–Crippen LogP) is 1.20. The fraction of sp³-hybridized carbons (Fsp3) is 0.500. The van der Waals surface area contributed by atoms with Gasteiger partial charge in [0.15, 0.2) is 0 Å². The Morgan fingerprint density at radius 3 is 1.17 bits per heavy atom. The number of hydrogen-bond acceptors (Lipinski definition) is 6. The van der Waals surface area contributed by atoms with E-state index in [1.807, 2.05) is 0 Å². The molecule has 0 atom stereocenters. The van der Waals surface area contributed by atoms with Crippen molar-refractivity contribution in [2.24, 2.45) is 0 Å². The van der Waals surface area contributed by atoms with Gasteiger partial charge in [-0.3, -0.25) is 0 Å². The van der Waals surface area contributed by atoms with E-state index >= 15 is 0 Å². The van der Waals surface area contributed by atoms with Crippen molar-refractivity contribution < 1.29 is 28.5 Å². The fourth-order valence-electron chi connectivity index (χ4n) is 3.46. The highest BCUT2D eigenvalue weighted by Gasteiger charge is 2.60. The van der Waals surface area contributed by atoms with Gasteiger partial charge in [-0.2, -0.15) is 0 Å². The van der Waals surface area contributed by atoms with Crippen molar-refractivity contribution in [2.75, 3.05) is 28.4 Å². The Morgan fingerprint density at radius 1 is 0.667 bits per heavy atom. The SMILES string of the molecule is COC(=O)c1c(OC)c2c(c(OC)c1C(=O)OC)[Si](C)(C)[Si]2(C)C. The summed E-state index contributed by atoms with van der Waals surface area (Å²) in [7, 11) is 1.97. The number of hydrogen-bond donors (Lipinski definition) is 0. The van der Waals surface area contributed by atoms with E-state index < -0.39 is 27.1 Å². The van der Waals surface area contributed by atoms with E-state index in [1.165, 1.54) is 28.4 Å². The second-order valence-electron chi connectivity index (χ2n) is 6.80. The normalized spacial score (nSPS) is 16.5. The molecule has 8 heteroatoms. The molecule has 1 aliphatic heterocycles. The van der Waals surface area contributed by atoms with Crippen LogP contribution in [0.4, 0.5) is 0 Å². The molecular weight excluding hydrogens is 344 g/mol. The van der Waals surface area contributed by atoms with Crippen LogP contribution in [0.5, 0.6) is 11.5 Å². The molecule has 0 fully saturated rings. The zero-order valence-corrected chi connectivity index (χ0v) is 17.4. The molecule has 132 valence electrons. The summed E-state index contributed by atoms with van der Waals surface area (Å²) in [5.74, 6) is -0.405. The number of rotatable bonds is 4. The number of methoxy groups -OCH3 is 4. The lowest BCUT2D eigenvalue weighted by Crippen LogP contribution is -2.85. The largest absolute Gasteiger partial charge is 0.496 e. The van der Waals surface area contributed by atoms with Gasteiger partial charge in [0.05, 0.1) is 43.6 Å². The van der Waals surface area contributed by atoms with E-state index in [1.54, 1.807) is 0 Å². The molecule has 6 nitrogen and oxygen atoms in total. The van der Waals surface area contributed by atoms with Crippen molar-refractivity contribution in [1.29, 1.82) is 0 Å². The molecule has 0 bridgehead atoms. The summed E-state index contributed by atoms with van der Waals surface area (Å²) >= 11 is 0. The fourth-order valence-corrected chi connectivity index (χ4v) is 14.0. The molecule has 0 aliphatic carbocycles. The van der Waals surface area contributed by atoms with Gasteiger partial charge in [0.25, 0.3) is 0 Å². The van der Waals surface area contributed by atoms with Gasteiger partial charge >= 0.3 is 11.9 Å². The molecule has 0 saturated heterocycles. The highest BCUT2D eigenvalue weighted by atomic mass is 29.3. The summed E-state index contributed by atoms with van der Waals surface area (Å²) in [4.78, 5) is 24.8. The van der Waals surface area contributed by atoms with Crippen molar-refractivity contribution in [2.45, 2.75) is 26.2 Å². The van der Waals surface area contributed by atoms with Gasteiger partial charge in [-0.25, -0.2) is 9.59 Å². The predicted molar refractivity (Wildman–Crippen MR) is 96.5 cm³/mol. The Labute approximate surface area is 143 Å². The van der Waals surface area contributed by atoms with Gasteiger partial charge in [0, 0.05) is 0 Å². The molecule has 1 aliphatic rings. The van der Waals surface area contributed by atoms with E-state index in [9.17, 15) is 9.59 Å². The van der Waals surface area contributed by atoms with Gasteiger partial charge in [0.1, 0.15) is 22.6 Å². The number of carbonyl (C=O) groups excluding carboxylic acids is 2. The minimum atomic E-state index is -1.80. The standard InChI is InChI=1S/C16H24O6Si2/c1-19-11-9(15(17)21-3)10(16(18)22-4)12(20-2)14-13(11)23(5,6)24(14,7)8/h1-8H3. The van der Waals surface area contributed by atoms with E-state index in [-0.39, 0.29) is 11.1 Å². The Morgan fingerprint density at radius 2 is 0.958 bits per heavy atom. The topological polar surface area (TPSA) is 71.1 Å². The molecule has 0 unspecified atom stereocenters. The Balaban J connectivity index is 3.04. The highest BCUT2D eigenvalue weighted by Crippen LogP contribution is 2.40. The van der Waals surface area contributed by atoms with Crippen LogP contribution in [-0.4, -0.2) is 55.6 Å². The summed E-state index contributed by atoms with van der Waals surface area (Å²) < 4.78 is 21.0. The molecule has 1 aromatic carbocycles. The molecule has 0 saturated carbocycles. The number of benzene rings is 1. The first kappa shape index (κ1) is 18.5. The van der Waals surface area contributed by atoms with E-state index in [4.69, 9.17) is 18.9 Å². The quantitative estimate of drug-likeness (QED) is 0.587. The van der Waals surface area contributed by atoms with Crippen molar-refractivity contribution in [3.05, 3.63) is 11.1 Å². The maximum absolute atomic E-state index is 12.4. The summed E-state index contributed by atoms with van der Waals surface area (Å²) in [6.45, 7) is 9.07. The number of esters is 2. The average Bonchev–Trinajstić information content (AvgIpc) is 2.57. The zero-order valence-electron chi connectivity index (χ0n) is 15.4. The lowest BCUT2D eigenvalue weighted by atomic mass is 10.0. The van der Waals surface area contributed by atoms with Gasteiger partial charge in [0.2, 0.25) is 0 Å². The Hall–Kier alpha value is -1.81. The molecule has 0 spiro atoms. The number of carbonyl (C=O) groups is 2. The van der Waals surface area contributed by atoms with Crippen LogP contribution in [0.25, 0.3) is 0 Å². The van der Waals surface area contributed by atoms with Crippen molar-refractivity contribution >= 4 is 37.5 Å². The summed E-state index contributed by atoms with van der Waals surface area (Å²) in [6, 6.07) is 0. The van der Waals surface area contributed by atoms with Gasteiger partial charge in [-0.05, 0) is 10.4 Å². The van der Waals surface area contributed by atoms with Crippen LogP contribution in [0.1, 0.15) is 20.7 Å². The maximum atomic E-state index is 12.4. The third kappa shape index (κ3) is 2.12. The van der Waals surface area contributed by atoms with E-state index in [0.717, 1.165) is 10.4 Å². The van der Waals surface area contributed by atoms with Gasteiger partial charge in [-0.1, -0.05) is 26.2 Å². The Bertz CT molecular complexity index is 663.